The second-order valence-corrected chi connectivity index (χ2v) is 9.62. The van der Waals surface area contributed by atoms with Crippen LogP contribution in [0.1, 0.15) is 16.4 Å². The smallest absolute Gasteiger partial charge is 0.246 e. The summed E-state index contributed by atoms with van der Waals surface area (Å²) < 4.78 is 55.7. The van der Waals surface area contributed by atoms with E-state index in [4.69, 9.17) is 0 Å². The number of halogens is 4. The number of imide groups is 1. The lowest BCUT2D eigenvalue weighted by molar-refractivity contribution is -0.132. The highest BCUT2D eigenvalue weighted by atomic mass is 32.2. The number of aliphatic hydroxyl groups excluding tert-OH is 1. The normalized spacial score (nSPS) is 17.7. The van der Waals surface area contributed by atoms with Gasteiger partial charge in [-0.05, 0) is 48.0 Å². The summed E-state index contributed by atoms with van der Waals surface area (Å²) in [4.78, 5) is 38.9. The van der Waals surface area contributed by atoms with Gasteiger partial charge >= 0.3 is 0 Å². The Kier molecular flexibility index (Phi) is 8.45. The average Bonchev–Trinajstić information content (AvgIpc) is 2.98. The Balaban J connectivity index is 1.57. The summed E-state index contributed by atoms with van der Waals surface area (Å²) >= 11 is 1.04. The van der Waals surface area contributed by atoms with E-state index in [2.05, 4.69) is 10.6 Å². The van der Waals surface area contributed by atoms with Crippen molar-refractivity contribution in [2.24, 2.45) is 0 Å². The molecule has 198 valence electrons. The van der Waals surface area contributed by atoms with Crippen LogP contribution in [0.25, 0.3) is 0 Å². The van der Waals surface area contributed by atoms with Gasteiger partial charge in [0.25, 0.3) is 0 Å². The molecule has 1 heterocycles. The molecule has 4 N–H and O–H groups in total. The van der Waals surface area contributed by atoms with E-state index in [0.717, 1.165) is 42.1 Å². The highest BCUT2D eigenvalue weighted by Gasteiger charge is 2.38. The van der Waals surface area contributed by atoms with Crippen molar-refractivity contribution < 1.29 is 37.1 Å². The maximum atomic E-state index is 14.8. The average molecular weight is 548 g/mol. The molecule has 38 heavy (non-hydrogen) atoms. The van der Waals surface area contributed by atoms with Crippen LogP contribution >= 0.6 is 11.8 Å². The molecule has 0 aliphatic carbocycles. The molecule has 12 heteroatoms. The molecule has 0 fully saturated rings. The Bertz CT molecular complexity index is 1370. The fraction of sp³-hybridized carbons (Fsp3) is 0.192. The Morgan fingerprint density at radius 2 is 1.68 bits per heavy atom. The number of hydrogen-bond acceptors (Lipinski definition) is 6. The fourth-order valence-electron chi connectivity index (χ4n) is 3.96. The van der Waals surface area contributed by atoms with E-state index in [1.165, 1.54) is 0 Å². The number of nitrogens with one attached hydrogen (secondary N) is 3. The highest BCUT2D eigenvalue weighted by Crippen LogP contribution is 2.44. The summed E-state index contributed by atoms with van der Waals surface area (Å²) in [6, 6.07) is 9.05. The molecule has 0 spiro atoms. The highest BCUT2D eigenvalue weighted by molar-refractivity contribution is 7.99. The molecule has 0 saturated carbocycles. The number of benzene rings is 3. The van der Waals surface area contributed by atoms with E-state index in [9.17, 15) is 37.1 Å². The van der Waals surface area contributed by atoms with Crippen molar-refractivity contribution in [2.75, 3.05) is 11.9 Å². The summed E-state index contributed by atoms with van der Waals surface area (Å²) in [5, 5.41) is 16.1. The first-order valence-electron chi connectivity index (χ1n) is 11.3. The first-order chi connectivity index (χ1) is 18.1. The van der Waals surface area contributed by atoms with Gasteiger partial charge in [0.15, 0.2) is 0 Å². The minimum Gasteiger partial charge on any atom is -0.394 e. The molecular formula is C26H21F4N3O4S. The van der Waals surface area contributed by atoms with Crippen molar-refractivity contribution in [3.8, 4) is 0 Å². The topological polar surface area (TPSA) is 108 Å². The number of aliphatic hydroxyl groups is 1. The predicted molar refractivity (Wildman–Crippen MR) is 131 cm³/mol. The second kappa shape index (κ2) is 11.8. The summed E-state index contributed by atoms with van der Waals surface area (Å²) in [5.41, 5.74) is 0.233. The zero-order valence-electron chi connectivity index (χ0n) is 19.5. The molecule has 0 bridgehead atoms. The van der Waals surface area contributed by atoms with Gasteiger partial charge in [0, 0.05) is 16.5 Å². The van der Waals surface area contributed by atoms with Crippen molar-refractivity contribution in [1.29, 1.82) is 0 Å². The Morgan fingerprint density at radius 1 is 0.974 bits per heavy atom. The van der Waals surface area contributed by atoms with Crippen molar-refractivity contribution in [3.63, 3.8) is 0 Å². The molecule has 0 saturated heterocycles. The second-order valence-electron chi connectivity index (χ2n) is 8.44. The first-order valence-corrected chi connectivity index (χ1v) is 12.2. The standard InChI is InChI=1S/C26H21F4N3O4S/c27-14-5-6-18(30)17(11-14)24-23(26(37)32-19-3-1-2-4-21(19)38-24)31-20(12-34)25(36)33-22(35)9-13-7-15(28)10-16(29)8-13/h1-8,10-11,20,23-24,31,34H,9,12H2,(H,32,37)(H,33,35,36)/t20-,23+,24-/m1/s1. The van der Waals surface area contributed by atoms with Crippen LogP contribution in [-0.2, 0) is 20.8 Å². The quantitative estimate of drug-likeness (QED) is 0.339. The van der Waals surface area contributed by atoms with Gasteiger partial charge in [0.05, 0.1) is 24.0 Å². The van der Waals surface area contributed by atoms with Gasteiger partial charge < -0.3 is 10.4 Å². The van der Waals surface area contributed by atoms with Gasteiger partial charge in [-0.2, -0.15) is 0 Å². The molecule has 3 aromatic rings. The van der Waals surface area contributed by atoms with E-state index in [0.29, 0.717) is 16.6 Å². The number of amides is 3. The number of carbonyl (C=O) groups excluding carboxylic acids is 3. The van der Waals surface area contributed by atoms with Crippen molar-refractivity contribution in [2.45, 2.75) is 28.6 Å². The Hall–Kier alpha value is -3.74. The van der Waals surface area contributed by atoms with Crippen LogP contribution in [0.4, 0.5) is 23.2 Å². The maximum Gasteiger partial charge on any atom is 0.246 e. The van der Waals surface area contributed by atoms with Gasteiger partial charge in [-0.1, -0.05) is 12.1 Å². The third-order valence-electron chi connectivity index (χ3n) is 5.68. The van der Waals surface area contributed by atoms with Crippen LogP contribution in [0.15, 0.2) is 65.6 Å². The number of thioether (sulfide) groups is 1. The monoisotopic (exact) mass is 547 g/mol. The van der Waals surface area contributed by atoms with E-state index in [-0.39, 0.29) is 11.1 Å². The van der Waals surface area contributed by atoms with Crippen molar-refractivity contribution in [1.82, 2.24) is 10.6 Å². The van der Waals surface area contributed by atoms with E-state index in [1.54, 1.807) is 24.3 Å². The van der Waals surface area contributed by atoms with Gasteiger partial charge in [-0.15, -0.1) is 11.8 Å². The summed E-state index contributed by atoms with van der Waals surface area (Å²) in [6.07, 6.45) is -0.537. The summed E-state index contributed by atoms with van der Waals surface area (Å²) in [7, 11) is 0. The van der Waals surface area contributed by atoms with Crippen LogP contribution < -0.4 is 16.0 Å². The van der Waals surface area contributed by atoms with Crippen LogP contribution in [0, 0.1) is 23.3 Å². The first kappa shape index (κ1) is 27.3. The lowest BCUT2D eigenvalue weighted by Gasteiger charge is -2.28. The minimum atomic E-state index is -1.53. The lowest BCUT2D eigenvalue weighted by Crippen LogP contribution is -2.56. The predicted octanol–water partition coefficient (Wildman–Crippen LogP) is 3.23. The number of para-hydroxylation sites is 1. The van der Waals surface area contributed by atoms with Crippen LogP contribution in [0.3, 0.4) is 0 Å². The molecule has 1 aliphatic rings. The number of fused-ring (bicyclic) bond motifs is 1. The molecule has 3 amide bonds. The summed E-state index contributed by atoms with van der Waals surface area (Å²) in [5.74, 6) is -5.97. The zero-order valence-corrected chi connectivity index (χ0v) is 20.3. The largest absolute Gasteiger partial charge is 0.394 e. The fourth-order valence-corrected chi connectivity index (χ4v) is 5.28. The third-order valence-corrected chi connectivity index (χ3v) is 7.07. The molecule has 1 aliphatic heterocycles. The van der Waals surface area contributed by atoms with E-state index in [1.807, 2.05) is 5.32 Å². The lowest BCUT2D eigenvalue weighted by atomic mass is 10.0. The molecule has 3 aromatic carbocycles. The molecule has 3 atom stereocenters. The number of anilines is 1. The van der Waals surface area contributed by atoms with Gasteiger partial charge in [-0.3, -0.25) is 25.0 Å². The van der Waals surface area contributed by atoms with Gasteiger partial charge in [-0.25, -0.2) is 17.6 Å². The van der Waals surface area contributed by atoms with Crippen LogP contribution in [-0.4, -0.2) is 41.5 Å². The molecule has 0 unspecified atom stereocenters. The molecule has 0 aromatic heterocycles. The van der Waals surface area contributed by atoms with E-state index >= 15 is 0 Å². The molecular weight excluding hydrogens is 526 g/mol. The summed E-state index contributed by atoms with van der Waals surface area (Å²) in [6.45, 7) is -0.868. The zero-order chi connectivity index (χ0) is 27.4. The van der Waals surface area contributed by atoms with Crippen molar-refractivity contribution >= 4 is 35.2 Å². The number of rotatable bonds is 7. The third kappa shape index (κ3) is 6.39. The SMILES string of the molecule is O=C(Cc1cc(F)cc(F)c1)NC(=O)[C@@H](CO)N[C@@H]1C(=O)Nc2ccccc2S[C@@H]1c1cc(F)ccc1F. The van der Waals surface area contributed by atoms with Gasteiger partial charge in [0.2, 0.25) is 17.7 Å². The molecule has 0 radical (unpaired) electrons. The Morgan fingerprint density at radius 3 is 2.39 bits per heavy atom. The molecule has 4 rings (SSSR count). The minimum absolute atomic E-state index is 0.0275. The van der Waals surface area contributed by atoms with E-state index < -0.39 is 71.4 Å². The van der Waals surface area contributed by atoms with Crippen LogP contribution in [0.2, 0.25) is 0 Å². The number of carbonyl (C=O) groups is 3. The van der Waals surface area contributed by atoms with Gasteiger partial charge in [0.1, 0.15) is 35.4 Å². The Labute approximate surface area is 218 Å². The maximum absolute atomic E-state index is 14.8. The van der Waals surface area contributed by atoms with Crippen molar-refractivity contribution in [3.05, 3.63) is 95.1 Å². The van der Waals surface area contributed by atoms with Crippen LogP contribution in [0.5, 0.6) is 0 Å². The molecule has 7 nitrogen and oxygen atoms in total. The number of hydrogen-bond donors (Lipinski definition) is 4.